The molecule has 0 aromatic heterocycles. The molecule has 0 spiro atoms. The molecule has 1 aromatic carbocycles. The van der Waals surface area contributed by atoms with E-state index in [4.69, 9.17) is 4.74 Å². The minimum absolute atomic E-state index is 0.00722. The van der Waals surface area contributed by atoms with Crippen LogP contribution >= 0.6 is 15.9 Å². The third-order valence-corrected chi connectivity index (χ3v) is 2.20. The third-order valence-electron chi connectivity index (χ3n) is 1.56. The maximum absolute atomic E-state index is 10.6. The highest BCUT2D eigenvalue weighted by atomic mass is 79.9. The first-order chi connectivity index (χ1) is 6.61. The molecule has 0 fully saturated rings. The Kier molecular flexibility index (Phi) is 3.13. The standard InChI is InChI=1S/C7H5BrN2O4/c1-14-5-3-2-4(8)6(9-11)7(5)10(12)13/h2-3H,1H3. The van der Waals surface area contributed by atoms with Crippen molar-refractivity contribution >= 4 is 27.3 Å². The molecule has 0 saturated heterocycles. The van der Waals surface area contributed by atoms with Crippen LogP contribution in [0.4, 0.5) is 11.4 Å². The Bertz CT molecular complexity index is 394. The molecular weight excluding hydrogens is 256 g/mol. The summed E-state index contributed by atoms with van der Waals surface area (Å²) in [6.07, 6.45) is 0. The number of hydrogen-bond donors (Lipinski definition) is 0. The molecule has 0 aliphatic heterocycles. The minimum Gasteiger partial charge on any atom is -0.490 e. The largest absolute Gasteiger partial charge is 0.490 e. The Morgan fingerprint density at radius 3 is 2.64 bits per heavy atom. The van der Waals surface area contributed by atoms with E-state index in [1.54, 1.807) is 0 Å². The normalized spacial score (nSPS) is 9.57. The lowest BCUT2D eigenvalue weighted by Crippen LogP contribution is -1.94. The van der Waals surface area contributed by atoms with Gasteiger partial charge in [-0.15, -0.1) is 4.91 Å². The Morgan fingerprint density at radius 1 is 1.57 bits per heavy atom. The van der Waals surface area contributed by atoms with Crippen LogP contribution in [0.15, 0.2) is 21.8 Å². The molecule has 0 amide bonds. The van der Waals surface area contributed by atoms with Crippen molar-refractivity contribution in [1.82, 2.24) is 0 Å². The molecule has 6 nitrogen and oxygen atoms in total. The van der Waals surface area contributed by atoms with Crippen molar-refractivity contribution in [3.63, 3.8) is 0 Å². The number of ether oxygens (including phenoxy) is 1. The van der Waals surface area contributed by atoms with E-state index in [9.17, 15) is 15.0 Å². The first kappa shape index (κ1) is 10.6. The van der Waals surface area contributed by atoms with Crippen LogP contribution in [0.25, 0.3) is 0 Å². The van der Waals surface area contributed by atoms with E-state index < -0.39 is 10.6 Å². The summed E-state index contributed by atoms with van der Waals surface area (Å²) in [5.74, 6) is 0.00722. The molecule has 1 aromatic rings. The van der Waals surface area contributed by atoms with E-state index in [1.165, 1.54) is 19.2 Å². The Hall–Kier alpha value is -1.50. The van der Waals surface area contributed by atoms with E-state index in [1.807, 2.05) is 0 Å². The van der Waals surface area contributed by atoms with Gasteiger partial charge in [0, 0.05) is 0 Å². The van der Waals surface area contributed by atoms with Gasteiger partial charge in [-0.25, -0.2) is 0 Å². The molecule has 0 aliphatic rings. The molecule has 0 radical (unpaired) electrons. The maximum atomic E-state index is 10.6. The molecule has 0 saturated carbocycles. The second-order valence-electron chi connectivity index (χ2n) is 2.30. The van der Waals surface area contributed by atoms with Crippen LogP contribution in [0, 0.1) is 15.0 Å². The van der Waals surface area contributed by atoms with Gasteiger partial charge in [-0.2, -0.15) is 0 Å². The smallest absolute Gasteiger partial charge is 0.341 e. The number of nitroso groups, excluding NO2 is 1. The van der Waals surface area contributed by atoms with Gasteiger partial charge in [0.05, 0.1) is 16.5 Å². The second kappa shape index (κ2) is 4.14. The van der Waals surface area contributed by atoms with Crippen LogP contribution in [0.3, 0.4) is 0 Å². The lowest BCUT2D eigenvalue weighted by Gasteiger charge is -2.03. The van der Waals surface area contributed by atoms with Crippen molar-refractivity contribution in [2.75, 3.05) is 7.11 Å². The number of methoxy groups -OCH3 is 1. The zero-order valence-electron chi connectivity index (χ0n) is 7.06. The van der Waals surface area contributed by atoms with Gasteiger partial charge in [0.2, 0.25) is 5.69 Å². The van der Waals surface area contributed by atoms with Gasteiger partial charge in [-0.1, -0.05) is 0 Å². The fourth-order valence-corrected chi connectivity index (χ4v) is 1.36. The Balaban J connectivity index is 3.51. The van der Waals surface area contributed by atoms with Crippen LogP contribution in [0.5, 0.6) is 5.75 Å². The quantitative estimate of drug-likeness (QED) is 0.475. The van der Waals surface area contributed by atoms with E-state index in [-0.39, 0.29) is 15.9 Å². The van der Waals surface area contributed by atoms with Crippen LogP contribution in [0.2, 0.25) is 0 Å². The third kappa shape index (κ3) is 1.72. The zero-order chi connectivity index (χ0) is 10.7. The van der Waals surface area contributed by atoms with Crippen molar-refractivity contribution in [2.24, 2.45) is 5.18 Å². The number of hydrogen-bond acceptors (Lipinski definition) is 5. The van der Waals surface area contributed by atoms with Gasteiger partial charge in [0.1, 0.15) is 0 Å². The molecule has 74 valence electrons. The predicted octanol–water partition coefficient (Wildman–Crippen LogP) is 2.76. The molecule has 0 atom stereocenters. The molecule has 1 rings (SSSR count). The molecule has 14 heavy (non-hydrogen) atoms. The Labute approximate surface area is 87.1 Å². The summed E-state index contributed by atoms with van der Waals surface area (Å²) in [4.78, 5) is 20.3. The lowest BCUT2D eigenvalue weighted by atomic mass is 10.2. The average Bonchev–Trinajstić information content (AvgIpc) is 2.17. The highest BCUT2D eigenvalue weighted by molar-refractivity contribution is 9.10. The van der Waals surface area contributed by atoms with Gasteiger partial charge < -0.3 is 4.74 Å². The van der Waals surface area contributed by atoms with Crippen LogP contribution < -0.4 is 4.74 Å². The zero-order valence-corrected chi connectivity index (χ0v) is 8.65. The molecule has 0 aliphatic carbocycles. The highest BCUT2D eigenvalue weighted by Crippen LogP contribution is 2.41. The van der Waals surface area contributed by atoms with Crippen molar-refractivity contribution in [1.29, 1.82) is 0 Å². The lowest BCUT2D eigenvalue weighted by molar-refractivity contribution is -0.385. The number of nitro groups is 1. The van der Waals surface area contributed by atoms with Crippen LogP contribution in [-0.4, -0.2) is 12.0 Å². The second-order valence-corrected chi connectivity index (χ2v) is 3.15. The highest BCUT2D eigenvalue weighted by Gasteiger charge is 2.24. The average molecular weight is 261 g/mol. The summed E-state index contributed by atoms with van der Waals surface area (Å²) in [5, 5.41) is 13.2. The number of benzene rings is 1. The minimum atomic E-state index is -0.708. The molecule has 0 bridgehead atoms. The molecule has 0 heterocycles. The topological polar surface area (TPSA) is 81.8 Å². The van der Waals surface area contributed by atoms with Crippen molar-refractivity contribution in [3.8, 4) is 5.75 Å². The number of nitrogens with zero attached hydrogens (tertiary/aromatic N) is 2. The van der Waals surface area contributed by atoms with Crippen molar-refractivity contribution in [2.45, 2.75) is 0 Å². The van der Waals surface area contributed by atoms with E-state index >= 15 is 0 Å². The fourth-order valence-electron chi connectivity index (χ4n) is 0.965. The van der Waals surface area contributed by atoms with Gasteiger partial charge in [0.15, 0.2) is 5.75 Å². The monoisotopic (exact) mass is 260 g/mol. The summed E-state index contributed by atoms with van der Waals surface area (Å²) in [5.41, 5.74) is -0.703. The number of halogens is 1. The van der Waals surface area contributed by atoms with Gasteiger partial charge in [0.25, 0.3) is 0 Å². The predicted molar refractivity (Wildman–Crippen MR) is 52.8 cm³/mol. The fraction of sp³-hybridized carbons (Fsp3) is 0.143. The molecular formula is C7H5BrN2O4. The van der Waals surface area contributed by atoms with Crippen LogP contribution in [-0.2, 0) is 0 Å². The SMILES string of the molecule is COc1ccc(Br)c(N=O)c1[N+](=O)[O-]. The molecule has 7 heteroatoms. The van der Waals surface area contributed by atoms with Crippen LogP contribution in [0.1, 0.15) is 0 Å². The van der Waals surface area contributed by atoms with Gasteiger partial charge in [-0.05, 0) is 33.2 Å². The summed E-state index contributed by atoms with van der Waals surface area (Å²) >= 11 is 2.99. The number of rotatable bonds is 3. The summed E-state index contributed by atoms with van der Waals surface area (Å²) in [6.45, 7) is 0. The summed E-state index contributed by atoms with van der Waals surface area (Å²) in [7, 11) is 1.28. The van der Waals surface area contributed by atoms with Crippen molar-refractivity contribution < 1.29 is 9.66 Å². The van der Waals surface area contributed by atoms with Crippen molar-refractivity contribution in [3.05, 3.63) is 31.6 Å². The first-order valence-corrected chi connectivity index (χ1v) is 4.25. The maximum Gasteiger partial charge on any atom is 0.341 e. The van der Waals surface area contributed by atoms with E-state index in [0.29, 0.717) is 0 Å². The van der Waals surface area contributed by atoms with Gasteiger partial charge in [-0.3, -0.25) is 10.1 Å². The van der Waals surface area contributed by atoms with Gasteiger partial charge >= 0.3 is 5.69 Å². The first-order valence-electron chi connectivity index (χ1n) is 3.46. The molecule has 0 unspecified atom stereocenters. The summed E-state index contributed by atoms with van der Waals surface area (Å²) < 4.78 is 5.01. The van der Waals surface area contributed by atoms with E-state index in [0.717, 1.165) is 0 Å². The molecule has 0 N–H and O–H groups in total. The number of nitro benzene ring substituents is 1. The Morgan fingerprint density at radius 2 is 2.21 bits per heavy atom. The summed E-state index contributed by atoms with van der Waals surface area (Å²) in [6, 6.07) is 2.85. The van der Waals surface area contributed by atoms with E-state index in [2.05, 4.69) is 21.1 Å².